The first-order valence-corrected chi connectivity index (χ1v) is 7.80. The van der Waals surface area contributed by atoms with Crippen LogP contribution in [0.25, 0.3) is 0 Å². The first-order valence-electron chi connectivity index (χ1n) is 6.58. The van der Waals surface area contributed by atoms with E-state index < -0.39 is 0 Å². The number of hydrogen-bond donors (Lipinski definition) is 1. The topological polar surface area (TPSA) is 15.3 Å². The van der Waals surface area contributed by atoms with E-state index in [-0.39, 0.29) is 0 Å². The molecule has 2 fully saturated rings. The molecule has 1 saturated carbocycles. The van der Waals surface area contributed by atoms with Crippen LogP contribution < -0.4 is 5.32 Å². The lowest BCUT2D eigenvalue weighted by molar-refractivity contribution is 0.128. The van der Waals surface area contributed by atoms with Crippen molar-refractivity contribution in [3.8, 4) is 0 Å². The Kier molecular flexibility index (Phi) is 3.87. The van der Waals surface area contributed by atoms with Gasteiger partial charge in [-0.3, -0.25) is 4.90 Å². The molecule has 1 aliphatic heterocycles. The van der Waals surface area contributed by atoms with Crippen molar-refractivity contribution in [1.82, 2.24) is 10.2 Å². The molecule has 1 N–H and O–H groups in total. The zero-order valence-corrected chi connectivity index (χ0v) is 11.8. The average molecular weight is 242 g/mol. The molecule has 94 valence electrons. The normalized spacial score (nSPS) is 26.4. The van der Waals surface area contributed by atoms with E-state index in [9.17, 15) is 0 Å². The summed E-state index contributed by atoms with van der Waals surface area (Å²) >= 11 is 1.99. The summed E-state index contributed by atoms with van der Waals surface area (Å²) in [4.78, 5) is 2.68. The molecule has 0 amide bonds. The third kappa shape index (κ3) is 2.93. The third-order valence-corrected chi connectivity index (χ3v) is 5.41. The van der Waals surface area contributed by atoms with Gasteiger partial charge in [-0.15, -0.1) is 0 Å². The summed E-state index contributed by atoms with van der Waals surface area (Å²) in [6.45, 7) is 9.65. The molecule has 2 aliphatic rings. The maximum absolute atomic E-state index is 3.78. The summed E-state index contributed by atoms with van der Waals surface area (Å²) in [5, 5.41) is 3.78. The lowest BCUT2D eigenvalue weighted by Crippen LogP contribution is -2.60. The second-order valence-electron chi connectivity index (χ2n) is 6.09. The summed E-state index contributed by atoms with van der Waals surface area (Å²) < 4.78 is 0.400. The van der Waals surface area contributed by atoms with Crippen molar-refractivity contribution in [1.29, 1.82) is 0 Å². The first kappa shape index (κ1) is 12.7. The molecule has 1 spiro atoms. The number of hydrogen-bond acceptors (Lipinski definition) is 3. The molecule has 0 aromatic carbocycles. The Morgan fingerprint density at radius 1 is 1.31 bits per heavy atom. The van der Waals surface area contributed by atoms with Gasteiger partial charge in [-0.1, -0.05) is 12.8 Å². The van der Waals surface area contributed by atoms with Crippen LogP contribution in [0.4, 0.5) is 0 Å². The number of thioether (sulfide) groups is 1. The predicted molar refractivity (Wildman–Crippen MR) is 73.2 cm³/mol. The minimum absolute atomic E-state index is 0.400. The molecule has 1 heterocycles. The maximum Gasteiger partial charge on any atom is 0.0309 e. The van der Waals surface area contributed by atoms with Crippen LogP contribution >= 0.6 is 11.8 Å². The molecule has 0 atom stereocenters. The smallest absolute Gasteiger partial charge is 0.0309 e. The van der Waals surface area contributed by atoms with Gasteiger partial charge in [0, 0.05) is 36.5 Å². The summed E-state index contributed by atoms with van der Waals surface area (Å²) in [6.07, 6.45) is 7.86. The van der Waals surface area contributed by atoms with E-state index in [1.807, 2.05) is 11.8 Å². The molecule has 0 bridgehead atoms. The number of rotatable bonds is 3. The van der Waals surface area contributed by atoms with Crippen LogP contribution in [0, 0.1) is 0 Å². The van der Waals surface area contributed by atoms with E-state index in [0.717, 1.165) is 0 Å². The van der Waals surface area contributed by atoms with Crippen LogP contribution in [0.2, 0.25) is 0 Å². The highest BCUT2D eigenvalue weighted by molar-refractivity contribution is 7.99. The quantitative estimate of drug-likeness (QED) is 0.818. The van der Waals surface area contributed by atoms with Gasteiger partial charge in [0.25, 0.3) is 0 Å². The van der Waals surface area contributed by atoms with Crippen LogP contribution in [0.3, 0.4) is 0 Å². The van der Waals surface area contributed by atoms with Gasteiger partial charge >= 0.3 is 0 Å². The van der Waals surface area contributed by atoms with Gasteiger partial charge in [0.15, 0.2) is 0 Å². The fourth-order valence-corrected chi connectivity index (χ4v) is 3.48. The minimum atomic E-state index is 0.400. The number of nitrogens with zero attached hydrogens (tertiary/aromatic N) is 1. The van der Waals surface area contributed by atoms with E-state index in [4.69, 9.17) is 0 Å². The molecule has 2 rings (SSSR count). The van der Waals surface area contributed by atoms with Gasteiger partial charge in [0.05, 0.1) is 0 Å². The van der Waals surface area contributed by atoms with Crippen LogP contribution in [-0.2, 0) is 0 Å². The zero-order chi connectivity index (χ0) is 11.6. The number of piperazine rings is 1. The SMILES string of the molecule is CSC(C)(C)CN1CCNC2(CCCC2)C1. The lowest BCUT2D eigenvalue weighted by Gasteiger charge is -2.44. The van der Waals surface area contributed by atoms with Crippen molar-refractivity contribution in [2.45, 2.75) is 49.8 Å². The Morgan fingerprint density at radius 2 is 2.00 bits per heavy atom. The third-order valence-electron chi connectivity index (χ3n) is 4.17. The van der Waals surface area contributed by atoms with Crippen molar-refractivity contribution in [2.24, 2.45) is 0 Å². The van der Waals surface area contributed by atoms with Gasteiger partial charge in [-0.2, -0.15) is 11.8 Å². The second kappa shape index (κ2) is 4.87. The van der Waals surface area contributed by atoms with Gasteiger partial charge in [-0.25, -0.2) is 0 Å². The highest BCUT2D eigenvalue weighted by Crippen LogP contribution is 2.33. The van der Waals surface area contributed by atoms with Crippen molar-refractivity contribution in [2.75, 3.05) is 32.4 Å². The molecule has 3 heteroatoms. The fraction of sp³-hybridized carbons (Fsp3) is 1.00. The maximum atomic E-state index is 3.78. The summed E-state index contributed by atoms with van der Waals surface area (Å²) in [5.41, 5.74) is 0.479. The molecule has 1 aliphatic carbocycles. The Labute approximate surface area is 105 Å². The minimum Gasteiger partial charge on any atom is -0.309 e. The highest BCUT2D eigenvalue weighted by Gasteiger charge is 2.38. The monoisotopic (exact) mass is 242 g/mol. The van der Waals surface area contributed by atoms with Crippen molar-refractivity contribution in [3.05, 3.63) is 0 Å². The van der Waals surface area contributed by atoms with E-state index in [0.29, 0.717) is 10.3 Å². The lowest BCUT2D eigenvalue weighted by atomic mass is 9.94. The average Bonchev–Trinajstić information content (AvgIpc) is 2.66. The highest BCUT2D eigenvalue weighted by atomic mass is 32.2. The Hall–Kier alpha value is 0.270. The van der Waals surface area contributed by atoms with Crippen molar-refractivity contribution in [3.63, 3.8) is 0 Å². The van der Waals surface area contributed by atoms with Gasteiger partial charge < -0.3 is 5.32 Å². The van der Waals surface area contributed by atoms with Crippen LogP contribution in [-0.4, -0.2) is 47.6 Å². The predicted octanol–water partition coefficient (Wildman–Crippen LogP) is 2.35. The van der Waals surface area contributed by atoms with E-state index >= 15 is 0 Å². The molecular weight excluding hydrogens is 216 g/mol. The Morgan fingerprint density at radius 3 is 2.62 bits per heavy atom. The standard InChI is InChI=1S/C13H26N2S/c1-12(2,16-3)10-15-9-8-14-13(11-15)6-4-5-7-13/h14H,4-11H2,1-3H3. The van der Waals surface area contributed by atoms with Gasteiger partial charge in [-0.05, 0) is 32.9 Å². The molecule has 2 nitrogen and oxygen atoms in total. The van der Waals surface area contributed by atoms with Gasteiger partial charge in [0.1, 0.15) is 0 Å². The molecule has 0 radical (unpaired) electrons. The Bertz CT molecular complexity index is 234. The zero-order valence-electron chi connectivity index (χ0n) is 11.0. The summed E-state index contributed by atoms with van der Waals surface area (Å²) in [7, 11) is 0. The van der Waals surface area contributed by atoms with E-state index in [2.05, 4.69) is 30.3 Å². The molecule has 0 unspecified atom stereocenters. The van der Waals surface area contributed by atoms with Crippen LogP contribution in [0.1, 0.15) is 39.5 Å². The first-order chi connectivity index (χ1) is 7.55. The van der Waals surface area contributed by atoms with E-state index in [1.165, 1.54) is 51.9 Å². The second-order valence-corrected chi connectivity index (χ2v) is 7.60. The van der Waals surface area contributed by atoms with Gasteiger partial charge in [0.2, 0.25) is 0 Å². The molecule has 1 saturated heterocycles. The fourth-order valence-electron chi connectivity index (χ4n) is 3.17. The molecule has 0 aromatic rings. The molecular formula is C13H26N2S. The largest absolute Gasteiger partial charge is 0.309 e. The van der Waals surface area contributed by atoms with E-state index in [1.54, 1.807) is 0 Å². The Balaban J connectivity index is 1.91. The summed E-state index contributed by atoms with van der Waals surface area (Å²) in [6, 6.07) is 0. The number of nitrogens with one attached hydrogen (secondary N) is 1. The van der Waals surface area contributed by atoms with Crippen molar-refractivity contribution >= 4 is 11.8 Å². The van der Waals surface area contributed by atoms with Crippen LogP contribution in [0.5, 0.6) is 0 Å². The molecule has 0 aromatic heterocycles. The van der Waals surface area contributed by atoms with Crippen molar-refractivity contribution < 1.29 is 0 Å². The summed E-state index contributed by atoms with van der Waals surface area (Å²) in [5.74, 6) is 0. The molecule has 16 heavy (non-hydrogen) atoms. The van der Waals surface area contributed by atoms with Crippen LogP contribution in [0.15, 0.2) is 0 Å².